The average Bonchev–Trinajstić information content (AvgIpc) is 3.78. The molecule has 2 saturated carbocycles. The second kappa shape index (κ2) is 10.8. The summed E-state index contributed by atoms with van der Waals surface area (Å²) in [6.07, 6.45) is 8.06. The molecule has 38 heavy (non-hydrogen) atoms. The van der Waals surface area contributed by atoms with E-state index in [2.05, 4.69) is 20.5 Å². The highest BCUT2D eigenvalue weighted by Crippen LogP contribution is 2.40. The Morgan fingerprint density at radius 2 is 1.84 bits per heavy atom. The number of rotatable bonds is 7. The van der Waals surface area contributed by atoms with Gasteiger partial charge in [0.05, 0.1) is 21.8 Å². The number of Topliss-reactive ketones (excluding diaryl/α,β-unsaturated/α-hetero) is 1. The molecular formula is C30H34ClFN4O2. The smallest absolute Gasteiger partial charge is 0.170 e. The summed E-state index contributed by atoms with van der Waals surface area (Å²) in [4.78, 5) is 20.5. The number of halogens is 2. The number of nitrogens with one attached hydrogen (secondary N) is 2. The molecule has 3 aliphatic rings. The molecule has 200 valence electrons. The molecule has 0 bridgehead atoms. The van der Waals surface area contributed by atoms with E-state index in [4.69, 9.17) is 11.6 Å². The summed E-state index contributed by atoms with van der Waals surface area (Å²) in [5.41, 5.74) is 3.57. The van der Waals surface area contributed by atoms with Crippen LogP contribution in [0.3, 0.4) is 0 Å². The van der Waals surface area contributed by atoms with Crippen LogP contribution < -0.4 is 10.6 Å². The minimum absolute atomic E-state index is 0.0354. The van der Waals surface area contributed by atoms with Crippen LogP contribution in [0.5, 0.6) is 5.75 Å². The topological polar surface area (TPSA) is 77.5 Å². The van der Waals surface area contributed by atoms with Gasteiger partial charge in [-0.2, -0.15) is 0 Å². The molecule has 1 aromatic heterocycles. The van der Waals surface area contributed by atoms with Crippen LogP contribution in [0, 0.1) is 17.7 Å². The van der Waals surface area contributed by atoms with E-state index in [0.29, 0.717) is 17.0 Å². The number of benzene rings is 2. The fraction of sp³-hybridized carbons (Fsp3) is 0.467. The van der Waals surface area contributed by atoms with Crippen molar-refractivity contribution in [1.82, 2.24) is 15.2 Å². The van der Waals surface area contributed by atoms with Crippen LogP contribution in [0.25, 0.3) is 22.0 Å². The lowest BCUT2D eigenvalue weighted by Crippen LogP contribution is -2.45. The fourth-order valence-electron chi connectivity index (χ4n) is 5.96. The summed E-state index contributed by atoms with van der Waals surface area (Å²) in [5.74, 6) is -0.366. The predicted octanol–water partition coefficient (Wildman–Crippen LogP) is 5.87. The summed E-state index contributed by atoms with van der Waals surface area (Å²) in [6, 6.07) is 8.83. The van der Waals surface area contributed by atoms with Gasteiger partial charge in [0.2, 0.25) is 0 Å². The van der Waals surface area contributed by atoms with Gasteiger partial charge in [-0.3, -0.25) is 9.78 Å². The van der Waals surface area contributed by atoms with Gasteiger partial charge in [0, 0.05) is 56.3 Å². The van der Waals surface area contributed by atoms with Crippen molar-refractivity contribution in [2.24, 2.45) is 11.8 Å². The van der Waals surface area contributed by atoms with Gasteiger partial charge in [-0.1, -0.05) is 17.7 Å². The van der Waals surface area contributed by atoms with E-state index >= 15 is 0 Å². The van der Waals surface area contributed by atoms with Crippen LogP contribution in [-0.4, -0.2) is 59.5 Å². The van der Waals surface area contributed by atoms with Crippen molar-refractivity contribution < 1.29 is 14.3 Å². The van der Waals surface area contributed by atoms with E-state index in [9.17, 15) is 14.3 Å². The standard InChI is InChI=1S/C30H34ClFN4O2/c31-25-14-21(15-26(32)30(25)38)20-5-8-27-23(13-20)28(24(16-34-27)29(37)19-3-4-19)35-22-6-1-18(2-7-22)17-36-11-9-33-10-12-36/h5,8,13-16,18-19,22,33,38H,1-4,6-7,9-12,17H2,(H,34,35). The van der Waals surface area contributed by atoms with Crippen molar-refractivity contribution in [3.05, 3.63) is 52.9 Å². The first kappa shape index (κ1) is 25.5. The summed E-state index contributed by atoms with van der Waals surface area (Å²) >= 11 is 6.06. The first-order chi connectivity index (χ1) is 18.5. The second-order valence-corrected chi connectivity index (χ2v) is 11.5. The highest BCUT2D eigenvalue weighted by Gasteiger charge is 2.33. The lowest BCUT2D eigenvalue weighted by Gasteiger charge is -2.35. The molecule has 2 aliphatic carbocycles. The molecule has 0 unspecified atom stereocenters. The number of aromatic hydroxyl groups is 1. The van der Waals surface area contributed by atoms with Gasteiger partial charge in [-0.15, -0.1) is 0 Å². The number of hydrogen-bond donors (Lipinski definition) is 3. The Kier molecular flexibility index (Phi) is 7.25. The zero-order valence-electron chi connectivity index (χ0n) is 21.5. The number of ketones is 1. The molecule has 3 fully saturated rings. The van der Waals surface area contributed by atoms with Gasteiger partial charge in [0.15, 0.2) is 17.3 Å². The first-order valence-electron chi connectivity index (χ1n) is 13.8. The van der Waals surface area contributed by atoms with Crippen molar-refractivity contribution in [3.8, 4) is 16.9 Å². The van der Waals surface area contributed by atoms with Gasteiger partial charge in [0.25, 0.3) is 0 Å². The van der Waals surface area contributed by atoms with E-state index in [1.165, 1.54) is 25.5 Å². The molecular weight excluding hydrogens is 503 g/mol. The zero-order valence-corrected chi connectivity index (χ0v) is 22.2. The molecule has 0 spiro atoms. The van der Waals surface area contributed by atoms with Gasteiger partial charge in [-0.05, 0) is 79.8 Å². The summed E-state index contributed by atoms with van der Waals surface area (Å²) < 4.78 is 14.3. The van der Waals surface area contributed by atoms with Crippen molar-refractivity contribution >= 4 is 34.0 Å². The maximum absolute atomic E-state index is 14.3. The minimum Gasteiger partial charge on any atom is -0.504 e. The lowest BCUT2D eigenvalue weighted by atomic mass is 9.85. The molecule has 0 amide bonds. The number of phenols is 1. The number of phenolic OH excluding ortho intramolecular Hbond substituents is 1. The predicted molar refractivity (Wildman–Crippen MR) is 150 cm³/mol. The number of pyridine rings is 1. The lowest BCUT2D eigenvalue weighted by molar-refractivity contribution is 0.0968. The van der Waals surface area contributed by atoms with Crippen LogP contribution >= 0.6 is 11.6 Å². The molecule has 8 heteroatoms. The quantitative estimate of drug-likeness (QED) is 0.328. The second-order valence-electron chi connectivity index (χ2n) is 11.1. The third-order valence-electron chi connectivity index (χ3n) is 8.35. The van der Waals surface area contributed by atoms with Crippen LogP contribution in [0.15, 0.2) is 36.5 Å². The molecule has 6 nitrogen and oxygen atoms in total. The monoisotopic (exact) mass is 536 g/mol. The molecule has 1 saturated heterocycles. The van der Waals surface area contributed by atoms with E-state index in [1.54, 1.807) is 12.3 Å². The van der Waals surface area contributed by atoms with Crippen molar-refractivity contribution in [1.29, 1.82) is 0 Å². The molecule has 2 aromatic carbocycles. The maximum atomic E-state index is 14.3. The molecule has 0 atom stereocenters. The Morgan fingerprint density at radius 3 is 2.55 bits per heavy atom. The highest BCUT2D eigenvalue weighted by atomic mass is 35.5. The van der Waals surface area contributed by atoms with Gasteiger partial charge in [0.1, 0.15) is 0 Å². The molecule has 3 aromatic rings. The molecule has 2 heterocycles. The van der Waals surface area contributed by atoms with Crippen LogP contribution in [-0.2, 0) is 0 Å². The fourth-order valence-corrected chi connectivity index (χ4v) is 6.17. The zero-order chi connectivity index (χ0) is 26.2. The number of fused-ring (bicyclic) bond motifs is 1. The van der Waals surface area contributed by atoms with E-state index < -0.39 is 11.6 Å². The Morgan fingerprint density at radius 1 is 1.08 bits per heavy atom. The average molecular weight is 537 g/mol. The molecule has 3 N–H and O–H groups in total. The number of nitrogens with zero attached hydrogens (tertiary/aromatic N) is 2. The van der Waals surface area contributed by atoms with Gasteiger partial charge in [-0.25, -0.2) is 4.39 Å². The molecule has 6 rings (SSSR count). The SMILES string of the molecule is O=C(c1cnc2ccc(-c3cc(F)c(O)c(Cl)c3)cc2c1NC1CCC(CN2CCNCC2)CC1)C1CC1. The summed E-state index contributed by atoms with van der Waals surface area (Å²) in [7, 11) is 0. The van der Waals surface area contributed by atoms with Crippen molar-refractivity contribution in [3.63, 3.8) is 0 Å². The van der Waals surface area contributed by atoms with Crippen LogP contribution in [0.2, 0.25) is 5.02 Å². The number of hydrogen-bond acceptors (Lipinski definition) is 6. The largest absolute Gasteiger partial charge is 0.504 e. The number of aromatic nitrogens is 1. The third kappa shape index (κ3) is 5.37. The van der Waals surface area contributed by atoms with E-state index in [1.807, 2.05) is 18.2 Å². The Labute approximate surface area is 227 Å². The third-order valence-corrected chi connectivity index (χ3v) is 8.64. The highest BCUT2D eigenvalue weighted by molar-refractivity contribution is 6.32. The summed E-state index contributed by atoms with van der Waals surface area (Å²) in [5, 5.41) is 17.8. The Balaban J connectivity index is 1.28. The van der Waals surface area contributed by atoms with Gasteiger partial charge < -0.3 is 20.6 Å². The number of carbonyl (C=O) groups is 1. The Bertz CT molecular complexity index is 1320. The minimum atomic E-state index is -0.765. The number of anilines is 1. The van der Waals surface area contributed by atoms with E-state index in [-0.39, 0.29) is 22.8 Å². The van der Waals surface area contributed by atoms with Gasteiger partial charge >= 0.3 is 0 Å². The maximum Gasteiger partial charge on any atom is 0.170 e. The van der Waals surface area contributed by atoms with Crippen LogP contribution in [0.4, 0.5) is 10.1 Å². The first-order valence-corrected chi connectivity index (χ1v) is 14.2. The summed E-state index contributed by atoms with van der Waals surface area (Å²) in [6.45, 7) is 5.59. The molecule has 1 aliphatic heterocycles. The van der Waals surface area contributed by atoms with Crippen LogP contribution in [0.1, 0.15) is 48.9 Å². The van der Waals surface area contributed by atoms with Crippen molar-refractivity contribution in [2.75, 3.05) is 38.0 Å². The normalized spacial score (nSPS) is 22.5. The molecule has 0 radical (unpaired) electrons. The van der Waals surface area contributed by atoms with Crippen molar-refractivity contribution in [2.45, 2.75) is 44.6 Å². The van der Waals surface area contributed by atoms with E-state index in [0.717, 1.165) is 74.0 Å². The number of piperazine rings is 1. The number of carbonyl (C=O) groups excluding carboxylic acids is 1. The Hall–Kier alpha value is -2.74.